The maximum absolute atomic E-state index is 12.1. The van der Waals surface area contributed by atoms with Gasteiger partial charge in [-0.3, -0.25) is 24.7 Å². The molecule has 1 saturated heterocycles. The lowest BCUT2D eigenvalue weighted by Gasteiger charge is -2.37. The molecule has 8 heteroatoms. The van der Waals surface area contributed by atoms with E-state index >= 15 is 0 Å². The molecule has 152 valence electrons. The van der Waals surface area contributed by atoms with E-state index in [1.54, 1.807) is 23.5 Å². The molecule has 2 aromatic rings. The minimum absolute atomic E-state index is 0.0382. The summed E-state index contributed by atoms with van der Waals surface area (Å²) in [5.74, 6) is 2.38. The third-order valence-corrected chi connectivity index (χ3v) is 6.21. The first-order valence-corrected chi connectivity index (χ1v) is 10.3. The molecule has 1 N–H and O–H groups in total. The Bertz CT molecular complexity index is 913. The van der Waals surface area contributed by atoms with Crippen LogP contribution in [0.3, 0.4) is 0 Å². The van der Waals surface area contributed by atoms with Gasteiger partial charge in [-0.2, -0.15) is 0 Å². The second kappa shape index (κ2) is 9.65. The first-order valence-electron chi connectivity index (χ1n) is 9.49. The van der Waals surface area contributed by atoms with Crippen LogP contribution < -0.4 is 5.32 Å². The number of nitro groups is 1. The van der Waals surface area contributed by atoms with Crippen LogP contribution in [-0.2, 0) is 11.3 Å². The van der Waals surface area contributed by atoms with Crippen molar-refractivity contribution in [2.45, 2.75) is 19.5 Å². The molecule has 0 spiro atoms. The van der Waals surface area contributed by atoms with E-state index in [1.807, 2.05) is 25.1 Å². The molecule has 7 nitrogen and oxygen atoms in total. The van der Waals surface area contributed by atoms with Crippen molar-refractivity contribution < 1.29 is 9.72 Å². The van der Waals surface area contributed by atoms with Gasteiger partial charge in [0.2, 0.25) is 5.91 Å². The Balaban J connectivity index is 1.57. The number of piperazine rings is 1. The van der Waals surface area contributed by atoms with Gasteiger partial charge in [-0.05, 0) is 25.1 Å². The van der Waals surface area contributed by atoms with Crippen molar-refractivity contribution in [3.63, 3.8) is 0 Å². The molecule has 1 aliphatic heterocycles. The van der Waals surface area contributed by atoms with Crippen molar-refractivity contribution >= 4 is 22.9 Å². The van der Waals surface area contributed by atoms with E-state index in [2.05, 4.69) is 21.0 Å². The zero-order chi connectivity index (χ0) is 20.8. The van der Waals surface area contributed by atoms with E-state index in [0.717, 1.165) is 37.6 Å². The monoisotopic (exact) mass is 412 g/mol. The maximum Gasteiger partial charge on any atom is 0.278 e. The number of nitro benzene ring substituents is 1. The molecule has 3 rings (SSSR count). The van der Waals surface area contributed by atoms with Crippen LogP contribution in [0.5, 0.6) is 0 Å². The molecule has 0 bridgehead atoms. The number of rotatable bonds is 7. The first-order chi connectivity index (χ1) is 14.0. The molecule has 2 heterocycles. The number of thiophene rings is 1. The summed E-state index contributed by atoms with van der Waals surface area (Å²) < 4.78 is 0. The highest BCUT2D eigenvalue weighted by molar-refractivity contribution is 7.15. The summed E-state index contributed by atoms with van der Waals surface area (Å²) in [7, 11) is 0. The minimum atomic E-state index is -0.338. The average molecular weight is 413 g/mol. The number of carbonyl (C=O) groups excluding carboxylic acids is 1. The third-order valence-electron chi connectivity index (χ3n) is 5.11. The van der Waals surface area contributed by atoms with Crippen molar-refractivity contribution in [1.29, 1.82) is 0 Å². The molecular formula is C21H24N4O3S. The van der Waals surface area contributed by atoms with Crippen molar-refractivity contribution in [3.05, 3.63) is 51.4 Å². The zero-order valence-corrected chi connectivity index (χ0v) is 17.2. The Hall–Kier alpha value is -2.73. The molecule has 29 heavy (non-hydrogen) atoms. The Morgan fingerprint density at radius 2 is 2.00 bits per heavy atom. The second-order valence-electron chi connectivity index (χ2n) is 6.95. The van der Waals surface area contributed by atoms with Crippen molar-refractivity contribution in [1.82, 2.24) is 15.1 Å². The second-order valence-corrected chi connectivity index (χ2v) is 8.12. The van der Waals surface area contributed by atoms with E-state index in [1.165, 1.54) is 10.9 Å². The SMILES string of the molecule is C#CCNC(=O)C(C)N1CCN(Cc2ccc(-c3ccccc3[N+](=O)[O-])s2)CC1. The number of terminal acetylenes is 1. The zero-order valence-electron chi connectivity index (χ0n) is 16.3. The van der Waals surface area contributed by atoms with Crippen LogP contribution in [0.25, 0.3) is 10.4 Å². The Kier molecular flexibility index (Phi) is 6.99. The summed E-state index contributed by atoms with van der Waals surface area (Å²) in [4.78, 5) is 29.6. The average Bonchev–Trinajstić information content (AvgIpc) is 3.20. The van der Waals surface area contributed by atoms with Crippen LogP contribution in [0.4, 0.5) is 5.69 Å². The van der Waals surface area contributed by atoms with Gasteiger partial charge in [-0.25, -0.2) is 0 Å². The summed E-state index contributed by atoms with van der Waals surface area (Å²) in [6.45, 7) is 6.32. The number of nitrogens with one attached hydrogen (secondary N) is 1. The van der Waals surface area contributed by atoms with Crippen LogP contribution in [0, 0.1) is 22.5 Å². The van der Waals surface area contributed by atoms with Gasteiger partial charge in [-0.15, -0.1) is 17.8 Å². The van der Waals surface area contributed by atoms with Gasteiger partial charge >= 0.3 is 0 Å². The van der Waals surface area contributed by atoms with Crippen LogP contribution >= 0.6 is 11.3 Å². The lowest BCUT2D eigenvalue weighted by Crippen LogP contribution is -2.53. The van der Waals surface area contributed by atoms with Gasteiger partial charge in [-0.1, -0.05) is 18.1 Å². The Labute approximate surface area is 174 Å². The smallest absolute Gasteiger partial charge is 0.278 e. The highest BCUT2D eigenvalue weighted by atomic mass is 32.1. The van der Waals surface area contributed by atoms with Gasteiger partial charge in [0.1, 0.15) is 0 Å². The topological polar surface area (TPSA) is 78.7 Å². The van der Waals surface area contributed by atoms with Crippen molar-refractivity contribution in [2.24, 2.45) is 0 Å². The standard InChI is InChI=1S/C21H24N4O3S/c1-3-10-22-21(26)16(2)24-13-11-23(12-14-24)15-17-8-9-20(29-17)18-6-4-5-7-19(18)25(27)28/h1,4-9,16H,10-15H2,2H3,(H,22,26). The minimum Gasteiger partial charge on any atom is -0.344 e. The van der Waals surface area contributed by atoms with Gasteiger partial charge in [0.05, 0.1) is 23.1 Å². The normalized spacial score (nSPS) is 16.1. The van der Waals surface area contributed by atoms with Crippen LogP contribution in [0.15, 0.2) is 36.4 Å². The number of para-hydroxylation sites is 1. The van der Waals surface area contributed by atoms with E-state index in [-0.39, 0.29) is 29.1 Å². The van der Waals surface area contributed by atoms with Crippen molar-refractivity contribution in [2.75, 3.05) is 32.7 Å². The predicted molar refractivity (Wildman–Crippen MR) is 115 cm³/mol. The largest absolute Gasteiger partial charge is 0.344 e. The fourth-order valence-electron chi connectivity index (χ4n) is 3.43. The first kappa shape index (κ1) is 21.0. The lowest BCUT2D eigenvalue weighted by molar-refractivity contribution is -0.384. The summed E-state index contributed by atoms with van der Waals surface area (Å²) >= 11 is 1.59. The van der Waals surface area contributed by atoms with Gasteiger partial charge in [0.25, 0.3) is 5.69 Å². The number of carbonyl (C=O) groups is 1. The maximum atomic E-state index is 12.1. The van der Waals surface area contributed by atoms with Gasteiger partial charge in [0, 0.05) is 48.5 Å². The molecule has 0 radical (unpaired) electrons. The molecule has 1 aromatic heterocycles. The number of nitrogens with zero attached hydrogens (tertiary/aromatic N) is 3. The molecule has 1 aromatic carbocycles. The number of hydrogen-bond donors (Lipinski definition) is 1. The number of hydrogen-bond acceptors (Lipinski definition) is 6. The van der Waals surface area contributed by atoms with Gasteiger partial charge in [0.15, 0.2) is 0 Å². The fraction of sp³-hybridized carbons (Fsp3) is 0.381. The summed E-state index contributed by atoms with van der Waals surface area (Å²) in [6, 6.07) is 10.6. The van der Waals surface area contributed by atoms with Gasteiger partial charge < -0.3 is 5.32 Å². The molecule has 1 atom stereocenters. The van der Waals surface area contributed by atoms with Crippen LogP contribution in [0.1, 0.15) is 11.8 Å². The van der Waals surface area contributed by atoms with E-state index in [4.69, 9.17) is 6.42 Å². The predicted octanol–water partition coefficient (Wildman–Crippen LogP) is 2.58. The summed E-state index contributed by atoms with van der Waals surface area (Å²) in [5.41, 5.74) is 0.789. The van der Waals surface area contributed by atoms with Crippen molar-refractivity contribution in [3.8, 4) is 22.8 Å². The van der Waals surface area contributed by atoms with E-state index in [0.29, 0.717) is 5.56 Å². The van der Waals surface area contributed by atoms with Crippen LogP contribution in [-0.4, -0.2) is 59.4 Å². The molecule has 0 saturated carbocycles. The molecule has 1 amide bonds. The Morgan fingerprint density at radius 1 is 1.28 bits per heavy atom. The highest BCUT2D eigenvalue weighted by Gasteiger charge is 2.25. The van der Waals surface area contributed by atoms with Crippen LogP contribution in [0.2, 0.25) is 0 Å². The molecule has 1 fully saturated rings. The quantitative estimate of drug-likeness (QED) is 0.430. The molecule has 1 aliphatic rings. The Morgan fingerprint density at radius 3 is 2.69 bits per heavy atom. The summed E-state index contributed by atoms with van der Waals surface area (Å²) in [6.07, 6.45) is 5.19. The highest BCUT2D eigenvalue weighted by Crippen LogP contribution is 2.35. The third kappa shape index (κ3) is 5.21. The fourth-order valence-corrected chi connectivity index (χ4v) is 4.51. The molecule has 0 aliphatic carbocycles. The number of amides is 1. The molecular weight excluding hydrogens is 388 g/mol. The molecule has 1 unspecified atom stereocenters. The number of benzene rings is 1. The lowest BCUT2D eigenvalue weighted by atomic mass is 10.1. The summed E-state index contributed by atoms with van der Waals surface area (Å²) in [5, 5.41) is 14.0. The van der Waals surface area contributed by atoms with E-state index in [9.17, 15) is 14.9 Å². The van der Waals surface area contributed by atoms with E-state index < -0.39 is 0 Å².